The highest BCUT2D eigenvalue weighted by atomic mass is 32.3. The number of hydrogen-bond donors (Lipinski definition) is 0. The van der Waals surface area contributed by atoms with Crippen molar-refractivity contribution in [3.63, 3.8) is 0 Å². The third-order valence-electron chi connectivity index (χ3n) is 6.41. The van der Waals surface area contributed by atoms with E-state index >= 15 is 0 Å². The lowest BCUT2D eigenvalue weighted by Gasteiger charge is -2.36. The Morgan fingerprint density at radius 3 is 2.04 bits per heavy atom. The lowest BCUT2D eigenvalue weighted by molar-refractivity contribution is -0.134. The Morgan fingerprint density at radius 1 is 0.935 bits per heavy atom. The Morgan fingerprint density at radius 2 is 1.50 bits per heavy atom. The van der Waals surface area contributed by atoms with E-state index < -0.39 is 56.3 Å². The molecule has 254 valence electrons. The Bertz CT molecular complexity index is 1620. The van der Waals surface area contributed by atoms with E-state index in [0.717, 1.165) is 12.8 Å². The molecule has 0 spiro atoms. The van der Waals surface area contributed by atoms with Gasteiger partial charge in [-0.15, -0.1) is 0 Å². The Hall–Kier alpha value is -3.42. The molecule has 0 bridgehead atoms. The normalized spacial score (nSPS) is 18.1. The van der Waals surface area contributed by atoms with Gasteiger partial charge in [0.25, 0.3) is 31.8 Å². The number of para-hydroxylation sites is 2. The minimum Gasteiger partial charge on any atom is -0.439 e. The second-order valence-electron chi connectivity index (χ2n) is 9.73. The molecular formula is C27H31F5N4O7S3. The monoisotopic (exact) mass is 714 g/mol. The van der Waals surface area contributed by atoms with E-state index in [4.69, 9.17) is 17.0 Å². The van der Waals surface area contributed by atoms with Crippen molar-refractivity contribution in [2.45, 2.75) is 51.7 Å². The molecule has 1 aromatic carbocycles. The van der Waals surface area contributed by atoms with Gasteiger partial charge in [-0.2, -0.15) is 22.0 Å². The standard InChI is InChI=1S/C27H31F5N4O7S3/c1-3-5-15-35-23(37)19(24(38)36(26(35)44)16-6-4-2)11-7-10-14-22-34(20-12-8-9-13-21(20)42-22)17-18-45(39,40)33-46(41,27(30,31)32)43-25(28)29/h7-14,25H,3-6,15-18H2,1-2H3/b10-7+,22-14-. The van der Waals surface area contributed by atoms with E-state index in [9.17, 15) is 44.2 Å². The van der Waals surface area contributed by atoms with E-state index in [1.807, 2.05) is 13.8 Å². The van der Waals surface area contributed by atoms with Crippen LogP contribution in [0.25, 0.3) is 0 Å². The van der Waals surface area contributed by atoms with Crippen molar-refractivity contribution in [1.29, 1.82) is 0 Å². The topological polar surface area (TPSA) is 126 Å². The van der Waals surface area contributed by atoms with Gasteiger partial charge in [-0.1, -0.05) is 54.7 Å². The summed E-state index contributed by atoms with van der Waals surface area (Å²) >= 11 is 5.43. The van der Waals surface area contributed by atoms with E-state index in [2.05, 4.69) is 7.95 Å². The molecule has 1 unspecified atom stereocenters. The SMILES string of the molecule is CCCCN1C(=O)C(=C/C=C/C=C2\Oc3ccccc3N2CCS(=O)(=O)N=S(=O)(OC(F)F)C(F)(F)F)C(=O)N(CCCC)C1=S. The van der Waals surface area contributed by atoms with Gasteiger partial charge >= 0.3 is 12.1 Å². The molecule has 2 heterocycles. The summed E-state index contributed by atoms with van der Waals surface area (Å²) in [5.41, 5.74) is -5.84. The van der Waals surface area contributed by atoms with Gasteiger partial charge < -0.3 is 9.64 Å². The molecule has 0 aliphatic carbocycles. The van der Waals surface area contributed by atoms with Crippen LogP contribution < -0.4 is 9.64 Å². The average Bonchev–Trinajstić information content (AvgIpc) is 3.31. The summed E-state index contributed by atoms with van der Waals surface area (Å²) in [7, 11) is -11.5. The van der Waals surface area contributed by atoms with Crippen LogP contribution in [0.5, 0.6) is 5.75 Å². The van der Waals surface area contributed by atoms with Gasteiger partial charge in [0.2, 0.25) is 5.88 Å². The highest BCUT2D eigenvalue weighted by Gasteiger charge is 2.48. The number of unbranched alkanes of at least 4 members (excludes halogenated alkanes) is 2. The summed E-state index contributed by atoms with van der Waals surface area (Å²) < 4.78 is 112. The van der Waals surface area contributed by atoms with Gasteiger partial charge in [0.05, 0.1) is 11.4 Å². The molecule has 0 N–H and O–H groups in total. The van der Waals surface area contributed by atoms with Crippen LogP contribution in [0.1, 0.15) is 39.5 Å². The lowest BCUT2D eigenvalue weighted by Crippen LogP contribution is -2.56. The highest BCUT2D eigenvalue weighted by Crippen LogP contribution is 2.38. The maximum absolute atomic E-state index is 13.2. The third-order valence-corrected chi connectivity index (χ3v) is 10.2. The van der Waals surface area contributed by atoms with E-state index in [1.54, 1.807) is 12.1 Å². The number of anilines is 1. The van der Waals surface area contributed by atoms with Crippen LogP contribution >= 0.6 is 12.2 Å². The van der Waals surface area contributed by atoms with Gasteiger partial charge in [-0.3, -0.25) is 19.4 Å². The lowest BCUT2D eigenvalue weighted by atomic mass is 10.1. The molecule has 2 amide bonds. The number of fused-ring (bicyclic) bond motifs is 1. The molecule has 1 saturated heterocycles. The average molecular weight is 715 g/mol. The fourth-order valence-electron chi connectivity index (χ4n) is 4.17. The fourth-order valence-corrected chi connectivity index (χ4v) is 7.22. The van der Waals surface area contributed by atoms with Crippen molar-refractivity contribution in [3.8, 4) is 5.75 Å². The van der Waals surface area contributed by atoms with Gasteiger partial charge in [-0.05, 0) is 49.3 Å². The van der Waals surface area contributed by atoms with Crippen molar-refractivity contribution in [3.05, 3.63) is 60.0 Å². The smallest absolute Gasteiger partial charge is 0.439 e. The number of allylic oxidation sites excluding steroid dienone is 4. The molecule has 1 fully saturated rings. The first-order valence-electron chi connectivity index (χ1n) is 13.9. The summed E-state index contributed by atoms with van der Waals surface area (Å²) in [6.45, 7) is -0.250. The van der Waals surface area contributed by atoms with Crippen molar-refractivity contribution in [2.75, 3.05) is 30.3 Å². The van der Waals surface area contributed by atoms with Gasteiger partial charge in [0.1, 0.15) is 5.57 Å². The van der Waals surface area contributed by atoms with E-state index in [0.29, 0.717) is 31.6 Å². The Labute approximate surface area is 268 Å². The number of alkyl halides is 5. The van der Waals surface area contributed by atoms with Crippen molar-refractivity contribution in [1.82, 2.24) is 9.80 Å². The molecule has 1 aromatic rings. The number of thiocarbonyl (C=S) groups is 1. The second kappa shape index (κ2) is 15.4. The zero-order valence-electron chi connectivity index (χ0n) is 24.6. The van der Waals surface area contributed by atoms with Crippen molar-refractivity contribution >= 4 is 54.9 Å². The maximum atomic E-state index is 13.2. The van der Waals surface area contributed by atoms with Crippen LogP contribution in [-0.2, 0) is 33.8 Å². The number of benzene rings is 1. The van der Waals surface area contributed by atoms with E-state index in [-0.39, 0.29) is 22.3 Å². The molecule has 0 saturated carbocycles. The van der Waals surface area contributed by atoms with Gasteiger partial charge in [0, 0.05) is 19.6 Å². The number of halogens is 5. The summed E-state index contributed by atoms with van der Waals surface area (Å²) in [6, 6.07) is 6.22. The minimum atomic E-state index is -6.31. The summed E-state index contributed by atoms with van der Waals surface area (Å²) in [6.07, 6.45) is 8.31. The third kappa shape index (κ3) is 8.89. The Balaban J connectivity index is 1.89. The van der Waals surface area contributed by atoms with Crippen LogP contribution in [0.15, 0.2) is 63.8 Å². The first-order chi connectivity index (χ1) is 21.5. The van der Waals surface area contributed by atoms with Crippen LogP contribution in [0.3, 0.4) is 0 Å². The number of amides is 2. The molecule has 0 radical (unpaired) electrons. The molecule has 0 aromatic heterocycles. The molecule has 46 heavy (non-hydrogen) atoms. The first kappa shape index (κ1) is 37.0. The molecule has 1 atom stereocenters. The predicted molar refractivity (Wildman–Crippen MR) is 163 cm³/mol. The van der Waals surface area contributed by atoms with E-state index in [1.165, 1.54) is 51.1 Å². The molecule has 2 aliphatic rings. The zero-order chi connectivity index (χ0) is 34.3. The zero-order valence-corrected chi connectivity index (χ0v) is 27.1. The predicted octanol–water partition coefficient (Wildman–Crippen LogP) is 5.24. The number of carbonyl (C=O) groups is 2. The number of ether oxygens (including phenoxy) is 1. The number of hydrogen-bond acceptors (Lipinski definition) is 9. The van der Waals surface area contributed by atoms with Crippen LogP contribution in [0.4, 0.5) is 27.6 Å². The molecule has 3 rings (SSSR count). The van der Waals surface area contributed by atoms with Crippen LogP contribution in [0, 0.1) is 0 Å². The van der Waals surface area contributed by atoms with Crippen molar-refractivity contribution < 1.29 is 53.1 Å². The minimum absolute atomic E-state index is 0.0111. The van der Waals surface area contributed by atoms with Crippen LogP contribution in [-0.4, -0.2) is 76.9 Å². The summed E-state index contributed by atoms with van der Waals surface area (Å²) in [5.74, 6) is -2.07. The largest absolute Gasteiger partial charge is 0.505 e. The molecule has 2 aliphatic heterocycles. The maximum Gasteiger partial charge on any atom is 0.505 e. The fraction of sp³-hybridized carbons (Fsp3) is 0.444. The number of nitrogens with zero attached hydrogens (tertiary/aromatic N) is 4. The van der Waals surface area contributed by atoms with Gasteiger partial charge in [-0.25, -0.2) is 16.8 Å². The number of rotatable bonds is 14. The van der Waals surface area contributed by atoms with Crippen molar-refractivity contribution in [2.24, 2.45) is 3.77 Å². The van der Waals surface area contributed by atoms with Gasteiger partial charge in [0.15, 0.2) is 10.9 Å². The highest BCUT2D eigenvalue weighted by molar-refractivity contribution is 8.01. The quantitative estimate of drug-likeness (QED) is 0.110. The summed E-state index contributed by atoms with van der Waals surface area (Å²) in [4.78, 5) is 30.3. The Kier molecular flexibility index (Phi) is 12.4. The molecule has 19 heteroatoms. The molecular weight excluding hydrogens is 684 g/mol. The second-order valence-corrected chi connectivity index (χ2v) is 13.9. The summed E-state index contributed by atoms with van der Waals surface area (Å²) in [5, 5.41) is 0.140. The molecule has 11 nitrogen and oxygen atoms in total. The number of sulfonamides is 1. The van der Waals surface area contributed by atoms with Crippen LogP contribution in [0.2, 0.25) is 0 Å². The number of carbonyl (C=O) groups excluding carboxylic acids is 2. The first-order valence-corrected chi connectivity index (χ1v) is 17.4.